The lowest BCUT2D eigenvalue weighted by molar-refractivity contribution is -0.140. The van der Waals surface area contributed by atoms with Crippen LogP contribution < -0.4 is 0 Å². The summed E-state index contributed by atoms with van der Waals surface area (Å²) in [5.41, 5.74) is 0.240. The number of rotatable bonds is 5. The minimum atomic E-state index is -0.299. The van der Waals surface area contributed by atoms with E-state index in [1.165, 1.54) is 18.1 Å². The SMILES string of the molecule is COC(=O)CCCN(C)C(=O)c1ccc(Br)cc1O. The Balaban J connectivity index is 2.59. The lowest BCUT2D eigenvalue weighted by atomic mass is 10.1. The van der Waals surface area contributed by atoms with Gasteiger partial charge in [-0.05, 0) is 24.6 Å². The number of phenolic OH excluding ortho intramolecular Hbond substituents is 1. The van der Waals surface area contributed by atoms with Gasteiger partial charge in [0.05, 0.1) is 12.7 Å². The molecule has 1 aromatic carbocycles. The molecular formula is C13H16BrNO4. The van der Waals surface area contributed by atoms with Crippen LogP contribution in [0.2, 0.25) is 0 Å². The van der Waals surface area contributed by atoms with Gasteiger partial charge in [-0.1, -0.05) is 15.9 Å². The first-order chi connectivity index (χ1) is 8.95. The molecule has 19 heavy (non-hydrogen) atoms. The van der Waals surface area contributed by atoms with Gasteiger partial charge in [0.2, 0.25) is 0 Å². The molecule has 0 aliphatic heterocycles. The third kappa shape index (κ3) is 4.55. The molecule has 5 nitrogen and oxygen atoms in total. The maximum atomic E-state index is 12.1. The molecule has 0 aliphatic carbocycles. The van der Waals surface area contributed by atoms with Crippen LogP contribution in [-0.4, -0.2) is 42.6 Å². The summed E-state index contributed by atoms with van der Waals surface area (Å²) >= 11 is 3.21. The summed E-state index contributed by atoms with van der Waals surface area (Å²) in [7, 11) is 2.96. The predicted molar refractivity (Wildman–Crippen MR) is 74.0 cm³/mol. The van der Waals surface area contributed by atoms with Crippen LogP contribution >= 0.6 is 15.9 Å². The number of carbonyl (C=O) groups is 2. The molecule has 0 spiro atoms. The van der Waals surface area contributed by atoms with E-state index < -0.39 is 0 Å². The van der Waals surface area contributed by atoms with E-state index >= 15 is 0 Å². The van der Waals surface area contributed by atoms with E-state index in [1.54, 1.807) is 19.2 Å². The van der Waals surface area contributed by atoms with Crippen molar-refractivity contribution in [3.63, 3.8) is 0 Å². The second-order valence-electron chi connectivity index (χ2n) is 4.07. The Bertz CT molecular complexity index is 476. The van der Waals surface area contributed by atoms with Crippen LogP contribution in [0.1, 0.15) is 23.2 Å². The molecule has 0 radical (unpaired) electrons. The summed E-state index contributed by atoms with van der Waals surface area (Å²) in [6.45, 7) is 0.420. The quantitative estimate of drug-likeness (QED) is 0.841. The van der Waals surface area contributed by atoms with Crippen molar-refractivity contribution in [1.82, 2.24) is 4.90 Å². The van der Waals surface area contributed by atoms with E-state index in [1.807, 2.05) is 0 Å². The third-order valence-corrected chi connectivity index (χ3v) is 3.13. The fourth-order valence-electron chi connectivity index (χ4n) is 1.56. The zero-order chi connectivity index (χ0) is 14.4. The molecule has 0 heterocycles. The summed E-state index contributed by atoms with van der Waals surface area (Å²) in [6, 6.07) is 4.71. The fraction of sp³-hybridized carbons (Fsp3) is 0.385. The van der Waals surface area contributed by atoms with Crippen molar-refractivity contribution in [2.45, 2.75) is 12.8 Å². The molecule has 0 aliphatic rings. The predicted octanol–water partition coefficient (Wildman–Crippen LogP) is 2.18. The Hall–Kier alpha value is -1.56. The van der Waals surface area contributed by atoms with Crippen molar-refractivity contribution >= 4 is 27.8 Å². The largest absolute Gasteiger partial charge is 0.507 e. The standard InChI is InChI=1S/C13H16BrNO4/c1-15(7-3-4-12(17)19-2)13(18)10-6-5-9(14)8-11(10)16/h5-6,8,16H,3-4,7H2,1-2H3. The zero-order valence-corrected chi connectivity index (χ0v) is 12.4. The van der Waals surface area contributed by atoms with Gasteiger partial charge in [0, 0.05) is 24.5 Å². The molecular weight excluding hydrogens is 314 g/mol. The summed E-state index contributed by atoms with van der Waals surface area (Å²) in [4.78, 5) is 24.5. The van der Waals surface area contributed by atoms with Gasteiger partial charge in [0.25, 0.3) is 5.91 Å². The van der Waals surface area contributed by atoms with Crippen LogP contribution in [0.25, 0.3) is 0 Å². The van der Waals surface area contributed by atoms with Crippen LogP contribution in [-0.2, 0) is 9.53 Å². The molecule has 0 saturated carbocycles. The monoisotopic (exact) mass is 329 g/mol. The Morgan fingerprint density at radius 2 is 2.11 bits per heavy atom. The normalized spacial score (nSPS) is 10.1. The average Bonchev–Trinajstić information content (AvgIpc) is 2.37. The average molecular weight is 330 g/mol. The molecule has 0 unspecified atom stereocenters. The Labute approximate surface area is 120 Å². The minimum Gasteiger partial charge on any atom is -0.507 e. The minimum absolute atomic E-state index is 0.0702. The number of amides is 1. The third-order valence-electron chi connectivity index (χ3n) is 2.64. The number of hydrogen-bond donors (Lipinski definition) is 1. The first-order valence-electron chi connectivity index (χ1n) is 5.76. The van der Waals surface area contributed by atoms with Crippen molar-refractivity contribution in [2.24, 2.45) is 0 Å². The van der Waals surface area contributed by atoms with E-state index in [9.17, 15) is 14.7 Å². The van der Waals surface area contributed by atoms with E-state index in [0.717, 1.165) is 0 Å². The zero-order valence-electron chi connectivity index (χ0n) is 10.9. The second-order valence-corrected chi connectivity index (χ2v) is 4.98. The summed E-state index contributed by atoms with van der Waals surface area (Å²) < 4.78 is 5.23. The number of esters is 1. The van der Waals surface area contributed by atoms with Crippen LogP contribution in [0.15, 0.2) is 22.7 Å². The molecule has 0 atom stereocenters. The first-order valence-corrected chi connectivity index (χ1v) is 6.55. The maximum Gasteiger partial charge on any atom is 0.305 e. The van der Waals surface area contributed by atoms with Crippen LogP contribution in [0.4, 0.5) is 0 Å². The van der Waals surface area contributed by atoms with E-state index in [4.69, 9.17) is 0 Å². The molecule has 104 valence electrons. The van der Waals surface area contributed by atoms with Crippen LogP contribution in [0.5, 0.6) is 5.75 Å². The maximum absolute atomic E-state index is 12.1. The number of halogens is 1. The summed E-state index contributed by atoms with van der Waals surface area (Å²) in [6.07, 6.45) is 0.784. The lowest BCUT2D eigenvalue weighted by Crippen LogP contribution is -2.28. The Morgan fingerprint density at radius 3 is 2.68 bits per heavy atom. The van der Waals surface area contributed by atoms with Gasteiger partial charge in [-0.25, -0.2) is 0 Å². The molecule has 1 rings (SSSR count). The Morgan fingerprint density at radius 1 is 1.42 bits per heavy atom. The highest BCUT2D eigenvalue weighted by Gasteiger charge is 2.16. The number of aromatic hydroxyl groups is 1. The van der Waals surface area contributed by atoms with Crippen LogP contribution in [0, 0.1) is 0 Å². The first kappa shape index (κ1) is 15.5. The molecule has 1 aromatic rings. The molecule has 0 aromatic heterocycles. The highest BCUT2D eigenvalue weighted by atomic mass is 79.9. The molecule has 0 saturated heterocycles. The molecule has 0 fully saturated rings. The topological polar surface area (TPSA) is 66.8 Å². The molecule has 0 bridgehead atoms. The highest BCUT2D eigenvalue weighted by Crippen LogP contribution is 2.23. The highest BCUT2D eigenvalue weighted by molar-refractivity contribution is 9.10. The Kier molecular flexibility index (Phi) is 5.82. The number of methoxy groups -OCH3 is 1. The van der Waals surface area contributed by atoms with E-state index in [2.05, 4.69) is 20.7 Å². The fourth-order valence-corrected chi connectivity index (χ4v) is 1.90. The van der Waals surface area contributed by atoms with Gasteiger partial charge in [-0.15, -0.1) is 0 Å². The van der Waals surface area contributed by atoms with Crippen molar-refractivity contribution in [2.75, 3.05) is 20.7 Å². The van der Waals surface area contributed by atoms with Gasteiger partial charge in [0.15, 0.2) is 0 Å². The van der Waals surface area contributed by atoms with E-state index in [-0.39, 0.29) is 29.6 Å². The number of carbonyl (C=O) groups excluding carboxylic acids is 2. The number of ether oxygens (including phenoxy) is 1. The van der Waals surface area contributed by atoms with Crippen molar-refractivity contribution in [3.8, 4) is 5.75 Å². The second kappa shape index (κ2) is 7.13. The summed E-state index contributed by atoms with van der Waals surface area (Å²) in [5.74, 6) is -0.651. The van der Waals surface area contributed by atoms with E-state index in [0.29, 0.717) is 17.4 Å². The van der Waals surface area contributed by atoms with Crippen LogP contribution in [0.3, 0.4) is 0 Å². The number of nitrogens with zero attached hydrogens (tertiary/aromatic N) is 1. The molecule has 1 amide bonds. The van der Waals surface area contributed by atoms with Crippen molar-refractivity contribution < 1.29 is 19.4 Å². The van der Waals surface area contributed by atoms with Gasteiger partial charge in [0.1, 0.15) is 5.75 Å². The van der Waals surface area contributed by atoms with Gasteiger partial charge in [-0.2, -0.15) is 0 Å². The van der Waals surface area contributed by atoms with Gasteiger partial charge in [-0.3, -0.25) is 9.59 Å². The van der Waals surface area contributed by atoms with Gasteiger partial charge >= 0.3 is 5.97 Å². The number of hydrogen-bond acceptors (Lipinski definition) is 4. The smallest absolute Gasteiger partial charge is 0.305 e. The molecule has 6 heteroatoms. The number of benzene rings is 1. The van der Waals surface area contributed by atoms with Crippen molar-refractivity contribution in [3.05, 3.63) is 28.2 Å². The number of phenols is 1. The van der Waals surface area contributed by atoms with Crippen molar-refractivity contribution in [1.29, 1.82) is 0 Å². The lowest BCUT2D eigenvalue weighted by Gasteiger charge is -2.17. The summed E-state index contributed by atoms with van der Waals surface area (Å²) in [5, 5.41) is 9.71. The van der Waals surface area contributed by atoms with Gasteiger partial charge < -0.3 is 14.7 Å². The molecule has 1 N–H and O–H groups in total.